The number of para-hydroxylation sites is 1. The number of anilines is 2. The molecule has 0 radical (unpaired) electrons. The Morgan fingerprint density at radius 1 is 0.860 bits per heavy atom. The Hall–Kier alpha value is -4.99. The van der Waals surface area contributed by atoms with Gasteiger partial charge in [-0.2, -0.15) is 5.01 Å². The fraction of sp³-hybridized carbons (Fsp3) is 0.231. The number of amides is 4. The van der Waals surface area contributed by atoms with Crippen LogP contribution in [0.1, 0.15) is 35.4 Å². The highest BCUT2D eigenvalue weighted by atomic mass is 35.5. The first kappa shape index (κ1) is 32.2. The third-order valence-corrected chi connectivity index (χ3v) is 11.6. The number of hydrazine groups is 1. The smallest absolute Gasteiger partial charge is 0.260 e. The molecular weight excluding hydrogens is 680 g/mol. The van der Waals surface area contributed by atoms with Crippen molar-refractivity contribution in [2.24, 2.45) is 23.7 Å². The number of rotatable bonds is 5. The average molecular weight is 711 g/mol. The van der Waals surface area contributed by atoms with Crippen LogP contribution in [0.2, 0.25) is 10.0 Å². The van der Waals surface area contributed by atoms with Gasteiger partial charge in [-0.05, 0) is 91.4 Å². The molecule has 2 N–H and O–H groups in total. The van der Waals surface area contributed by atoms with Crippen LogP contribution in [-0.4, -0.2) is 33.7 Å². The number of phenols is 1. The van der Waals surface area contributed by atoms with E-state index >= 15 is 4.79 Å². The first-order valence-electron chi connectivity index (χ1n) is 16.3. The molecule has 2 saturated heterocycles. The SMILES string of the molecule is Cc1ccc(N2C(=O)C3CC=C4C(CC5C(=O)N(Nc6ccc(F)cc6)C(=O)C5(c5ccc(Cl)cc5)C4c4ccccc4O)C3C2=O)cc1Cl. The molecule has 0 spiro atoms. The van der Waals surface area contributed by atoms with Crippen LogP contribution in [0.5, 0.6) is 5.75 Å². The second kappa shape index (κ2) is 11.8. The molecular formula is C39H30Cl2FN3O5. The molecule has 0 bridgehead atoms. The van der Waals surface area contributed by atoms with E-state index in [4.69, 9.17) is 23.2 Å². The number of allylic oxidation sites excluding steroid dienone is 2. The number of benzene rings is 4. The fourth-order valence-electron chi connectivity index (χ4n) is 8.71. The van der Waals surface area contributed by atoms with Gasteiger partial charge in [0.1, 0.15) is 11.6 Å². The van der Waals surface area contributed by atoms with E-state index in [0.717, 1.165) is 10.6 Å². The van der Waals surface area contributed by atoms with Gasteiger partial charge in [0.2, 0.25) is 11.8 Å². The maximum atomic E-state index is 15.1. The van der Waals surface area contributed by atoms with Gasteiger partial charge in [-0.1, -0.05) is 71.2 Å². The highest BCUT2D eigenvalue weighted by Crippen LogP contribution is 2.65. The quantitative estimate of drug-likeness (QED) is 0.166. The standard InChI is InChI=1S/C39H30Cl2FN3O5/c1-20-6-15-25(18-31(20)41)44-35(47)28-17-16-26-29(33(28)37(44)49)19-30-36(48)45(43-24-13-11-23(42)12-14-24)38(50)39(30,21-7-9-22(40)10-8-21)34(26)27-4-2-3-5-32(27)46/h2-16,18,28-30,33-34,43,46H,17,19H2,1H3. The lowest BCUT2D eigenvalue weighted by Gasteiger charge is -2.50. The van der Waals surface area contributed by atoms with Crippen molar-refractivity contribution in [2.45, 2.75) is 31.1 Å². The van der Waals surface area contributed by atoms with Gasteiger partial charge in [-0.3, -0.25) is 24.6 Å². The molecule has 2 heterocycles. The predicted octanol–water partition coefficient (Wildman–Crippen LogP) is 7.34. The Bertz CT molecular complexity index is 2140. The summed E-state index contributed by atoms with van der Waals surface area (Å²) in [6.07, 6.45) is 2.22. The summed E-state index contributed by atoms with van der Waals surface area (Å²) < 4.78 is 13.8. The molecule has 1 saturated carbocycles. The lowest BCUT2D eigenvalue weighted by atomic mass is 9.49. The van der Waals surface area contributed by atoms with Crippen LogP contribution >= 0.6 is 23.2 Å². The molecule has 2 aliphatic heterocycles. The number of nitrogens with one attached hydrogen (secondary N) is 1. The van der Waals surface area contributed by atoms with Crippen LogP contribution < -0.4 is 10.3 Å². The molecule has 4 aromatic rings. The van der Waals surface area contributed by atoms with Gasteiger partial charge in [-0.15, -0.1) is 0 Å². The van der Waals surface area contributed by atoms with Crippen molar-refractivity contribution in [3.05, 3.63) is 135 Å². The summed E-state index contributed by atoms with van der Waals surface area (Å²) >= 11 is 12.7. The van der Waals surface area contributed by atoms with Crippen molar-refractivity contribution in [2.75, 3.05) is 10.3 Å². The summed E-state index contributed by atoms with van der Waals surface area (Å²) in [6, 6.07) is 23.7. The van der Waals surface area contributed by atoms with Crippen LogP contribution in [0.25, 0.3) is 0 Å². The number of imide groups is 2. The lowest BCUT2D eigenvalue weighted by molar-refractivity contribution is -0.138. The van der Waals surface area contributed by atoms with Crippen molar-refractivity contribution in [1.82, 2.24) is 5.01 Å². The van der Waals surface area contributed by atoms with Gasteiger partial charge in [0.05, 0.1) is 34.5 Å². The minimum Gasteiger partial charge on any atom is -0.508 e. The van der Waals surface area contributed by atoms with E-state index in [1.54, 1.807) is 60.7 Å². The first-order chi connectivity index (χ1) is 24.0. The van der Waals surface area contributed by atoms with Gasteiger partial charge >= 0.3 is 0 Å². The third kappa shape index (κ3) is 4.63. The molecule has 4 aromatic carbocycles. The molecule has 3 fully saturated rings. The summed E-state index contributed by atoms with van der Waals surface area (Å²) in [4.78, 5) is 59.4. The van der Waals surface area contributed by atoms with Crippen molar-refractivity contribution in [1.29, 1.82) is 0 Å². The zero-order chi connectivity index (χ0) is 35.1. The molecule has 252 valence electrons. The van der Waals surface area contributed by atoms with E-state index in [1.807, 2.05) is 13.0 Å². The van der Waals surface area contributed by atoms with Crippen LogP contribution in [-0.2, 0) is 24.6 Å². The summed E-state index contributed by atoms with van der Waals surface area (Å²) in [6.45, 7) is 1.83. The highest BCUT2D eigenvalue weighted by Gasteiger charge is 2.70. The number of phenolic OH excluding ortho intramolecular Hbond substituents is 1. The van der Waals surface area contributed by atoms with E-state index in [-0.39, 0.29) is 24.5 Å². The molecule has 2 aliphatic carbocycles. The summed E-state index contributed by atoms with van der Waals surface area (Å²) in [5.74, 6) is -6.49. The number of carbonyl (C=O) groups is 4. The van der Waals surface area contributed by atoms with Gasteiger partial charge < -0.3 is 5.11 Å². The number of carbonyl (C=O) groups excluding carboxylic acids is 4. The average Bonchev–Trinajstić information content (AvgIpc) is 3.48. The second-order valence-electron chi connectivity index (χ2n) is 13.4. The maximum absolute atomic E-state index is 15.1. The van der Waals surface area contributed by atoms with E-state index in [2.05, 4.69) is 5.43 Å². The van der Waals surface area contributed by atoms with Crippen LogP contribution in [0, 0.1) is 36.4 Å². The zero-order valence-corrected chi connectivity index (χ0v) is 28.2. The summed E-state index contributed by atoms with van der Waals surface area (Å²) in [5.41, 5.74) is 4.44. The van der Waals surface area contributed by atoms with Crippen LogP contribution in [0.3, 0.4) is 0 Å². The number of aryl methyl sites for hydroxylation is 1. The fourth-order valence-corrected chi connectivity index (χ4v) is 9.01. The molecule has 4 amide bonds. The molecule has 0 aromatic heterocycles. The number of halogens is 3. The molecule has 4 aliphatic rings. The summed E-state index contributed by atoms with van der Waals surface area (Å²) in [5, 5.41) is 13.2. The predicted molar refractivity (Wildman–Crippen MR) is 186 cm³/mol. The van der Waals surface area contributed by atoms with E-state index < -0.39 is 58.5 Å². The molecule has 50 heavy (non-hydrogen) atoms. The van der Waals surface area contributed by atoms with E-state index in [0.29, 0.717) is 38.1 Å². The van der Waals surface area contributed by atoms with E-state index in [1.165, 1.54) is 35.2 Å². The monoisotopic (exact) mass is 709 g/mol. The van der Waals surface area contributed by atoms with Crippen molar-refractivity contribution >= 4 is 58.2 Å². The number of hydrogen-bond acceptors (Lipinski definition) is 6. The van der Waals surface area contributed by atoms with Gasteiger partial charge in [0.15, 0.2) is 0 Å². The van der Waals surface area contributed by atoms with Gasteiger partial charge in [0.25, 0.3) is 11.8 Å². The molecule has 6 unspecified atom stereocenters. The Kier molecular flexibility index (Phi) is 7.62. The van der Waals surface area contributed by atoms with Crippen molar-refractivity contribution in [3.63, 3.8) is 0 Å². The largest absolute Gasteiger partial charge is 0.508 e. The molecule has 8 rings (SSSR count). The molecule has 6 atom stereocenters. The van der Waals surface area contributed by atoms with Gasteiger partial charge in [0, 0.05) is 21.5 Å². The summed E-state index contributed by atoms with van der Waals surface area (Å²) in [7, 11) is 0. The van der Waals surface area contributed by atoms with Crippen LogP contribution in [0.4, 0.5) is 15.8 Å². The van der Waals surface area contributed by atoms with E-state index in [9.17, 15) is 23.9 Å². The number of aromatic hydroxyl groups is 1. The number of nitrogens with zero attached hydrogens (tertiary/aromatic N) is 2. The van der Waals surface area contributed by atoms with Crippen LogP contribution in [0.15, 0.2) is 103 Å². The minimum atomic E-state index is -1.58. The maximum Gasteiger partial charge on any atom is 0.260 e. The zero-order valence-electron chi connectivity index (χ0n) is 26.6. The third-order valence-electron chi connectivity index (χ3n) is 10.9. The van der Waals surface area contributed by atoms with Gasteiger partial charge in [-0.25, -0.2) is 9.29 Å². The Morgan fingerprint density at radius 3 is 2.28 bits per heavy atom. The number of hydrogen-bond donors (Lipinski definition) is 2. The Morgan fingerprint density at radius 2 is 1.58 bits per heavy atom. The topological polar surface area (TPSA) is 107 Å². The lowest BCUT2D eigenvalue weighted by Crippen LogP contribution is -2.53. The first-order valence-corrected chi connectivity index (χ1v) is 17.1. The molecule has 8 nitrogen and oxygen atoms in total. The number of fused-ring (bicyclic) bond motifs is 4. The van der Waals surface area contributed by atoms with Crippen molar-refractivity contribution < 1.29 is 28.7 Å². The van der Waals surface area contributed by atoms with Crippen molar-refractivity contribution in [3.8, 4) is 5.75 Å². The normalized spacial score (nSPS) is 27.2. The Balaban J connectivity index is 1.32. The minimum absolute atomic E-state index is 0.0768. The Labute approximate surface area is 297 Å². The second-order valence-corrected chi connectivity index (χ2v) is 14.2. The highest BCUT2D eigenvalue weighted by molar-refractivity contribution is 6.32. The molecule has 11 heteroatoms.